The van der Waals surface area contributed by atoms with Crippen LogP contribution in [0.25, 0.3) is 0 Å². The van der Waals surface area contributed by atoms with Gasteiger partial charge in [-0.1, -0.05) is 60.1 Å². The molecule has 5 aliphatic carbocycles. The summed E-state index contributed by atoms with van der Waals surface area (Å²) in [5.74, 6) is 0.596. The molecular formula is C41H64O13. The minimum absolute atomic E-state index is 0.00252. The molecule has 13 nitrogen and oxygen atoms in total. The van der Waals surface area contributed by atoms with E-state index in [9.17, 15) is 40.5 Å². The number of esters is 1. The molecule has 0 aromatic rings. The average Bonchev–Trinajstić information content (AvgIpc) is 3.41. The predicted octanol–water partition coefficient (Wildman–Crippen LogP) is 1.94. The van der Waals surface area contributed by atoms with Crippen molar-refractivity contribution in [3.63, 3.8) is 0 Å². The van der Waals surface area contributed by atoms with Crippen LogP contribution in [0, 0.1) is 50.2 Å². The van der Waals surface area contributed by atoms with Crippen LogP contribution in [0.2, 0.25) is 0 Å². The van der Waals surface area contributed by atoms with E-state index >= 15 is 0 Å². The van der Waals surface area contributed by atoms with E-state index in [-0.39, 0.29) is 58.1 Å². The zero-order valence-electron chi connectivity index (χ0n) is 32.9. The Labute approximate surface area is 318 Å². The Morgan fingerprint density at radius 2 is 1.50 bits per heavy atom. The van der Waals surface area contributed by atoms with Crippen molar-refractivity contribution in [1.82, 2.24) is 0 Å². The molecule has 8 aliphatic rings. The number of aliphatic hydroxyl groups is 7. The van der Waals surface area contributed by atoms with Crippen molar-refractivity contribution in [2.45, 2.75) is 173 Å². The fourth-order valence-electron chi connectivity index (χ4n) is 14.0. The van der Waals surface area contributed by atoms with Gasteiger partial charge in [0.15, 0.2) is 12.6 Å². The number of aliphatic hydroxyl groups excluding tert-OH is 7. The molecule has 3 heterocycles. The standard InChI is InChI=1S/C41H64O13/c1-36(2)14-20-19-8-9-25-38(5)15-21(43)32(54-34-30(48)28(46)31(23(17-42)51-34)53-33-29(47)27(45)22(44)18-50-33)37(3,4)24(38)10-11-40(25,7)39(19,6)12-13-41(20)16-26(36)52-35(41)49/h8,20-34,42-48H,9-18H2,1-7H3/t20-,21+,22+,23+,24-,25+,26-,27-,28+,29+,30+,31+,32-,33-,34-,38-,39+,40+,41+/m0/s1. The van der Waals surface area contributed by atoms with Gasteiger partial charge in [-0.05, 0) is 84.4 Å². The molecule has 0 aromatic heterocycles. The van der Waals surface area contributed by atoms with Crippen molar-refractivity contribution in [3.8, 4) is 0 Å². The molecule has 13 heteroatoms. The highest BCUT2D eigenvalue weighted by Crippen LogP contribution is 2.76. The Bertz CT molecular complexity index is 1510. The van der Waals surface area contributed by atoms with Gasteiger partial charge < -0.3 is 59.4 Å². The third kappa shape index (κ3) is 5.32. The molecule has 7 N–H and O–H groups in total. The smallest absolute Gasteiger partial charge is 0.313 e. The number of ether oxygens (including phenoxy) is 5. The lowest BCUT2D eigenvalue weighted by atomic mass is 9.33. The number of carbonyl (C=O) groups is 1. The van der Waals surface area contributed by atoms with Gasteiger partial charge in [0, 0.05) is 11.8 Å². The first-order valence-corrected chi connectivity index (χ1v) is 20.4. The SMILES string of the molecule is CC1(C)C[C@H]2C3=CC[C@@H]4[C@@]5(C)C[C@@H](O)[C@H](O[C@@H]6O[C@H](CO)[C@@H](O[C@@H]7OC[C@@H](O)[C@H](O)[C@H]7O)[C@H](O)[C@H]6O)C(C)(C)[C@@H]5CC[C@@]4(C)[C@]3(C)CC[C@@]23C[C@@H]1OC3=O. The molecule has 8 rings (SSSR count). The molecule has 54 heavy (non-hydrogen) atoms. The van der Waals surface area contributed by atoms with E-state index in [4.69, 9.17) is 23.7 Å². The van der Waals surface area contributed by atoms with Gasteiger partial charge in [-0.3, -0.25) is 4.79 Å². The molecule has 0 aromatic carbocycles. The van der Waals surface area contributed by atoms with Crippen LogP contribution in [0.1, 0.15) is 99.8 Å². The van der Waals surface area contributed by atoms with Gasteiger partial charge in [-0.2, -0.15) is 0 Å². The van der Waals surface area contributed by atoms with Crippen LogP contribution in [-0.2, 0) is 28.5 Å². The van der Waals surface area contributed by atoms with E-state index in [1.54, 1.807) is 0 Å². The Hall–Kier alpha value is -1.23. The topological polar surface area (TPSA) is 205 Å². The highest BCUT2D eigenvalue weighted by Gasteiger charge is 2.72. The van der Waals surface area contributed by atoms with E-state index in [0.717, 1.165) is 44.9 Å². The summed E-state index contributed by atoms with van der Waals surface area (Å²) < 4.78 is 29.6. The molecule has 0 amide bonds. The van der Waals surface area contributed by atoms with Crippen molar-refractivity contribution in [1.29, 1.82) is 0 Å². The van der Waals surface area contributed by atoms with Crippen LogP contribution in [-0.4, -0.2) is 129 Å². The molecule has 1 spiro atoms. The maximum Gasteiger partial charge on any atom is 0.313 e. The molecule has 0 radical (unpaired) electrons. The van der Waals surface area contributed by atoms with Crippen LogP contribution >= 0.6 is 0 Å². The minimum Gasteiger partial charge on any atom is -0.461 e. The molecule has 3 aliphatic heterocycles. The number of rotatable bonds is 5. The molecule has 306 valence electrons. The number of allylic oxidation sites excluding steroid dienone is 2. The number of carbonyl (C=O) groups excluding carboxylic acids is 1. The van der Waals surface area contributed by atoms with Gasteiger partial charge >= 0.3 is 5.97 Å². The van der Waals surface area contributed by atoms with Gasteiger partial charge in [0.25, 0.3) is 0 Å². The molecular weight excluding hydrogens is 700 g/mol. The molecule has 3 saturated heterocycles. The molecule has 19 atom stereocenters. The summed E-state index contributed by atoms with van der Waals surface area (Å²) >= 11 is 0. The third-order valence-electron chi connectivity index (χ3n) is 17.2. The Balaban J connectivity index is 1.02. The first-order chi connectivity index (χ1) is 25.2. The summed E-state index contributed by atoms with van der Waals surface area (Å²) in [5, 5.41) is 75.2. The Morgan fingerprint density at radius 1 is 0.796 bits per heavy atom. The van der Waals surface area contributed by atoms with Gasteiger partial charge in [0.2, 0.25) is 0 Å². The second-order valence-electron chi connectivity index (χ2n) is 20.5. The zero-order valence-corrected chi connectivity index (χ0v) is 32.9. The van der Waals surface area contributed by atoms with E-state index in [2.05, 4.69) is 54.5 Å². The highest BCUT2D eigenvalue weighted by atomic mass is 16.7. The minimum atomic E-state index is -1.65. The summed E-state index contributed by atoms with van der Waals surface area (Å²) in [6.45, 7) is 15.0. The summed E-state index contributed by atoms with van der Waals surface area (Å²) in [5.41, 5.74) is -0.0342. The van der Waals surface area contributed by atoms with Crippen molar-refractivity contribution in [2.75, 3.05) is 13.2 Å². The molecule has 4 saturated carbocycles. The van der Waals surface area contributed by atoms with Gasteiger partial charge in [0.05, 0.1) is 30.8 Å². The Kier molecular flexibility index (Phi) is 9.45. The quantitative estimate of drug-likeness (QED) is 0.122. The summed E-state index contributed by atoms with van der Waals surface area (Å²) in [4.78, 5) is 13.6. The lowest BCUT2D eigenvalue weighted by molar-refractivity contribution is -0.366. The average molecular weight is 765 g/mol. The van der Waals surface area contributed by atoms with Crippen molar-refractivity contribution in [2.24, 2.45) is 50.2 Å². The number of fused-ring (bicyclic) bond motifs is 7. The first-order valence-electron chi connectivity index (χ1n) is 20.4. The second-order valence-corrected chi connectivity index (χ2v) is 20.5. The van der Waals surface area contributed by atoms with Crippen LogP contribution in [0.4, 0.5) is 0 Å². The number of hydrogen-bond acceptors (Lipinski definition) is 13. The van der Waals surface area contributed by atoms with E-state index in [0.29, 0.717) is 6.42 Å². The Morgan fingerprint density at radius 3 is 2.20 bits per heavy atom. The maximum atomic E-state index is 13.6. The highest BCUT2D eigenvalue weighted by molar-refractivity contribution is 5.81. The van der Waals surface area contributed by atoms with Crippen molar-refractivity contribution < 1.29 is 64.2 Å². The summed E-state index contributed by atoms with van der Waals surface area (Å²) in [6, 6.07) is 0. The van der Waals surface area contributed by atoms with Crippen molar-refractivity contribution in [3.05, 3.63) is 11.6 Å². The van der Waals surface area contributed by atoms with Crippen LogP contribution < -0.4 is 0 Å². The fourth-order valence-corrected chi connectivity index (χ4v) is 14.0. The molecule has 0 unspecified atom stereocenters. The second kappa shape index (κ2) is 12.9. The number of hydrogen-bond donors (Lipinski definition) is 7. The van der Waals surface area contributed by atoms with Gasteiger partial charge in [0.1, 0.15) is 48.8 Å². The van der Waals surface area contributed by atoms with Crippen LogP contribution in [0.3, 0.4) is 0 Å². The molecule has 7 fully saturated rings. The molecule has 2 bridgehead atoms. The van der Waals surface area contributed by atoms with E-state index in [1.807, 2.05) is 0 Å². The van der Waals surface area contributed by atoms with Crippen LogP contribution in [0.15, 0.2) is 11.6 Å². The van der Waals surface area contributed by atoms with Gasteiger partial charge in [-0.15, -0.1) is 0 Å². The van der Waals surface area contributed by atoms with E-state index in [1.165, 1.54) is 5.57 Å². The third-order valence-corrected chi connectivity index (χ3v) is 17.2. The van der Waals surface area contributed by atoms with Crippen molar-refractivity contribution >= 4 is 5.97 Å². The first kappa shape index (κ1) is 39.6. The van der Waals surface area contributed by atoms with Gasteiger partial charge in [-0.25, -0.2) is 0 Å². The van der Waals surface area contributed by atoms with Crippen LogP contribution in [0.5, 0.6) is 0 Å². The summed E-state index contributed by atoms with van der Waals surface area (Å²) in [7, 11) is 0. The maximum absolute atomic E-state index is 13.6. The normalized spacial score (nSPS) is 56.1. The lowest BCUT2D eigenvalue weighted by Crippen LogP contribution is -2.68. The summed E-state index contributed by atoms with van der Waals surface area (Å²) in [6.07, 6.45) is -5.67. The fraction of sp³-hybridized carbons (Fsp3) is 0.927. The largest absolute Gasteiger partial charge is 0.461 e. The monoisotopic (exact) mass is 764 g/mol. The lowest BCUT2D eigenvalue weighted by Gasteiger charge is -2.71. The zero-order chi connectivity index (χ0) is 39.1. The van der Waals surface area contributed by atoms with E-state index < -0.39 is 85.0 Å². The predicted molar refractivity (Wildman–Crippen MR) is 191 cm³/mol.